The van der Waals surface area contributed by atoms with Crippen LogP contribution < -0.4 is 16.0 Å². The van der Waals surface area contributed by atoms with Crippen LogP contribution in [0.1, 0.15) is 28.6 Å². The zero-order valence-corrected chi connectivity index (χ0v) is 14.4. The minimum absolute atomic E-state index is 0.00870. The number of rotatable bonds is 5. The minimum Gasteiger partial charge on any atom is -0.496 e. The number of methoxy groups -OCH3 is 1. The predicted octanol–water partition coefficient (Wildman–Crippen LogP) is 2.56. The summed E-state index contributed by atoms with van der Waals surface area (Å²) in [4.78, 5) is 0. The maximum Gasteiger partial charge on any atom is 0.122 e. The third-order valence-corrected chi connectivity index (χ3v) is 4.73. The molecule has 0 spiro atoms. The Bertz CT molecular complexity index is 639. The van der Waals surface area contributed by atoms with E-state index in [0.717, 1.165) is 39.2 Å². The first-order chi connectivity index (χ1) is 9.97. The van der Waals surface area contributed by atoms with E-state index in [2.05, 4.69) is 32.5 Å². The molecule has 2 aromatic rings. The fraction of sp³-hybridized carbons (Fsp3) is 0.400. The highest BCUT2D eigenvalue weighted by Gasteiger charge is 2.18. The molecule has 1 unspecified atom stereocenters. The number of hydrogen-bond acceptors (Lipinski definition) is 4. The van der Waals surface area contributed by atoms with Gasteiger partial charge in [-0.25, -0.2) is 0 Å². The molecule has 1 atom stereocenters. The zero-order valence-electron chi connectivity index (χ0n) is 12.8. The largest absolute Gasteiger partial charge is 0.496 e. The number of nitrogens with zero attached hydrogens (tertiary/aromatic N) is 2. The summed E-state index contributed by atoms with van der Waals surface area (Å²) in [5.41, 5.74) is 7.16. The first-order valence-electron chi connectivity index (χ1n) is 6.76. The van der Waals surface area contributed by atoms with Crippen molar-refractivity contribution in [2.24, 2.45) is 12.9 Å². The molecule has 0 saturated carbocycles. The van der Waals surface area contributed by atoms with Crippen LogP contribution in [0.3, 0.4) is 0 Å². The second kappa shape index (κ2) is 6.60. The average Bonchev–Trinajstić information content (AvgIpc) is 2.71. The number of aryl methyl sites for hydroxylation is 3. The van der Waals surface area contributed by atoms with Crippen LogP contribution in [0.25, 0.3) is 0 Å². The van der Waals surface area contributed by atoms with E-state index in [1.54, 1.807) is 7.11 Å². The Balaban J connectivity index is 2.32. The molecule has 6 heteroatoms. The van der Waals surface area contributed by atoms with Gasteiger partial charge in [0.25, 0.3) is 0 Å². The van der Waals surface area contributed by atoms with Crippen molar-refractivity contribution in [2.75, 3.05) is 7.11 Å². The van der Waals surface area contributed by atoms with Crippen LogP contribution in [0.4, 0.5) is 0 Å². The number of hydrazine groups is 1. The molecule has 0 saturated heterocycles. The highest BCUT2D eigenvalue weighted by Crippen LogP contribution is 2.28. The van der Waals surface area contributed by atoms with Gasteiger partial charge >= 0.3 is 0 Å². The van der Waals surface area contributed by atoms with Crippen molar-refractivity contribution >= 4 is 15.9 Å². The molecule has 0 aliphatic carbocycles. The zero-order chi connectivity index (χ0) is 15.6. The second-order valence-corrected chi connectivity index (χ2v) is 5.92. The van der Waals surface area contributed by atoms with Gasteiger partial charge in [-0.3, -0.25) is 16.0 Å². The van der Waals surface area contributed by atoms with Crippen molar-refractivity contribution in [3.63, 3.8) is 0 Å². The van der Waals surface area contributed by atoms with Crippen LogP contribution in [0.2, 0.25) is 0 Å². The summed E-state index contributed by atoms with van der Waals surface area (Å²) in [5.74, 6) is 6.62. The number of halogens is 1. The molecular weight excluding hydrogens is 332 g/mol. The molecule has 2 rings (SSSR count). The van der Waals surface area contributed by atoms with Gasteiger partial charge in [0.15, 0.2) is 0 Å². The number of benzene rings is 1. The van der Waals surface area contributed by atoms with Gasteiger partial charge in [-0.05, 0) is 47.0 Å². The quantitative estimate of drug-likeness (QED) is 0.641. The van der Waals surface area contributed by atoms with Crippen molar-refractivity contribution in [3.8, 4) is 5.75 Å². The smallest absolute Gasteiger partial charge is 0.122 e. The molecule has 0 amide bonds. The number of hydrogen-bond donors (Lipinski definition) is 2. The third kappa shape index (κ3) is 3.28. The Morgan fingerprint density at radius 3 is 2.67 bits per heavy atom. The summed E-state index contributed by atoms with van der Waals surface area (Å²) < 4.78 is 8.30. The normalized spacial score (nSPS) is 12.5. The Morgan fingerprint density at radius 2 is 2.14 bits per heavy atom. The molecular formula is C15H21BrN4O. The maximum absolute atomic E-state index is 5.75. The standard InChI is InChI=1S/C15H21BrN4O/c1-9-5-6-11(7-14(9)21-4)12(18-17)8-13-15(16)10(2)19-20(13)3/h5-7,12,18H,8,17H2,1-4H3. The molecule has 0 aliphatic rings. The first kappa shape index (κ1) is 16.0. The van der Waals surface area contributed by atoms with Crippen molar-refractivity contribution < 1.29 is 4.74 Å². The first-order valence-corrected chi connectivity index (χ1v) is 7.55. The van der Waals surface area contributed by atoms with Crippen LogP contribution >= 0.6 is 15.9 Å². The summed E-state index contributed by atoms with van der Waals surface area (Å²) in [6, 6.07) is 6.13. The Kier molecular flexibility index (Phi) is 5.03. The van der Waals surface area contributed by atoms with Crippen molar-refractivity contribution in [2.45, 2.75) is 26.3 Å². The minimum atomic E-state index is -0.00870. The van der Waals surface area contributed by atoms with Crippen LogP contribution in [-0.2, 0) is 13.5 Å². The van der Waals surface area contributed by atoms with E-state index in [9.17, 15) is 0 Å². The molecule has 5 nitrogen and oxygen atoms in total. The lowest BCUT2D eigenvalue weighted by Crippen LogP contribution is -2.30. The number of nitrogens with two attached hydrogens (primary N) is 1. The summed E-state index contributed by atoms with van der Waals surface area (Å²) in [7, 11) is 3.62. The molecule has 3 N–H and O–H groups in total. The van der Waals surface area contributed by atoms with E-state index in [0.29, 0.717) is 0 Å². The second-order valence-electron chi connectivity index (χ2n) is 5.12. The highest BCUT2D eigenvalue weighted by atomic mass is 79.9. The summed E-state index contributed by atoms with van der Waals surface area (Å²) in [6.45, 7) is 4.00. The lowest BCUT2D eigenvalue weighted by Gasteiger charge is -2.18. The topological polar surface area (TPSA) is 65.1 Å². The van der Waals surface area contributed by atoms with Crippen molar-refractivity contribution in [1.29, 1.82) is 0 Å². The van der Waals surface area contributed by atoms with E-state index in [1.165, 1.54) is 0 Å². The van der Waals surface area contributed by atoms with Gasteiger partial charge in [0, 0.05) is 13.5 Å². The Labute approximate surface area is 133 Å². The van der Waals surface area contributed by atoms with Crippen LogP contribution in [0, 0.1) is 13.8 Å². The van der Waals surface area contributed by atoms with Gasteiger partial charge < -0.3 is 4.74 Å². The van der Waals surface area contributed by atoms with Gasteiger partial charge in [0.05, 0.1) is 29.0 Å². The number of aromatic nitrogens is 2. The average molecular weight is 353 g/mol. The van der Waals surface area contributed by atoms with Crippen LogP contribution in [0.15, 0.2) is 22.7 Å². The van der Waals surface area contributed by atoms with Gasteiger partial charge in [-0.2, -0.15) is 5.10 Å². The number of ether oxygens (including phenoxy) is 1. The van der Waals surface area contributed by atoms with Gasteiger partial charge in [0.1, 0.15) is 5.75 Å². The fourth-order valence-corrected chi connectivity index (χ4v) is 2.92. The number of nitrogens with one attached hydrogen (secondary N) is 1. The molecule has 0 bridgehead atoms. The lowest BCUT2D eigenvalue weighted by atomic mass is 10.0. The third-order valence-electron chi connectivity index (χ3n) is 3.69. The van der Waals surface area contributed by atoms with E-state index in [1.807, 2.05) is 37.7 Å². The van der Waals surface area contributed by atoms with Gasteiger partial charge in [0.2, 0.25) is 0 Å². The van der Waals surface area contributed by atoms with E-state index >= 15 is 0 Å². The van der Waals surface area contributed by atoms with Crippen molar-refractivity contribution in [1.82, 2.24) is 15.2 Å². The molecule has 114 valence electrons. The summed E-state index contributed by atoms with van der Waals surface area (Å²) in [6.07, 6.45) is 0.737. The van der Waals surface area contributed by atoms with E-state index < -0.39 is 0 Å². The molecule has 1 aromatic heterocycles. The summed E-state index contributed by atoms with van der Waals surface area (Å²) >= 11 is 3.59. The maximum atomic E-state index is 5.75. The highest BCUT2D eigenvalue weighted by molar-refractivity contribution is 9.10. The summed E-state index contributed by atoms with van der Waals surface area (Å²) in [5, 5.41) is 4.42. The molecule has 0 aliphatic heterocycles. The molecule has 1 heterocycles. The fourth-order valence-electron chi connectivity index (χ4n) is 2.42. The van der Waals surface area contributed by atoms with Crippen LogP contribution in [-0.4, -0.2) is 16.9 Å². The SMILES string of the molecule is COc1cc(C(Cc2c(Br)c(C)nn2C)NN)ccc1C. The van der Waals surface area contributed by atoms with Crippen LogP contribution in [0.5, 0.6) is 5.75 Å². The molecule has 1 aromatic carbocycles. The predicted molar refractivity (Wildman–Crippen MR) is 87.1 cm³/mol. The van der Waals surface area contributed by atoms with E-state index in [-0.39, 0.29) is 6.04 Å². The van der Waals surface area contributed by atoms with Gasteiger partial charge in [-0.15, -0.1) is 0 Å². The van der Waals surface area contributed by atoms with Crippen molar-refractivity contribution in [3.05, 3.63) is 45.2 Å². The lowest BCUT2D eigenvalue weighted by molar-refractivity contribution is 0.409. The Hall–Kier alpha value is -1.37. The Morgan fingerprint density at radius 1 is 1.43 bits per heavy atom. The van der Waals surface area contributed by atoms with Gasteiger partial charge in [-0.1, -0.05) is 12.1 Å². The molecule has 0 fully saturated rings. The van der Waals surface area contributed by atoms with E-state index in [4.69, 9.17) is 10.6 Å². The monoisotopic (exact) mass is 352 g/mol. The molecule has 0 radical (unpaired) electrons. The molecule has 21 heavy (non-hydrogen) atoms.